The van der Waals surface area contributed by atoms with Crippen LogP contribution in [0.4, 0.5) is 0 Å². The van der Waals surface area contributed by atoms with Gasteiger partial charge in [-0.2, -0.15) is 4.31 Å². The zero-order valence-electron chi connectivity index (χ0n) is 9.80. The number of sulfone groups is 1. The molecule has 0 N–H and O–H groups in total. The van der Waals surface area contributed by atoms with Crippen molar-refractivity contribution >= 4 is 31.5 Å². The Kier molecular flexibility index (Phi) is 5.24. The highest BCUT2D eigenvalue weighted by Gasteiger charge is 2.33. The average Bonchev–Trinajstić information content (AvgIpc) is 2.15. The van der Waals surface area contributed by atoms with Gasteiger partial charge in [0.1, 0.15) is 0 Å². The Morgan fingerprint density at radius 3 is 2.41 bits per heavy atom. The first-order chi connectivity index (χ1) is 7.76. The first-order valence-corrected chi connectivity index (χ1v) is 9.70. The standard InChI is InChI=1S/C9H18ClNO4S2/c1-16(12,13)8-17(14,15)11-7-3-2-4-9(11)5-6-10/h9H,2-8H2,1H3. The van der Waals surface area contributed by atoms with E-state index in [9.17, 15) is 16.8 Å². The zero-order valence-corrected chi connectivity index (χ0v) is 12.2. The molecule has 17 heavy (non-hydrogen) atoms. The highest BCUT2D eigenvalue weighted by molar-refractivity contribution is 8.06. The molecule has 1 aliphatic heterocycles. The molecule has 0 aromatic heterocycles. The van der Waals surface area contributed by atoms with Gasteiger partial charge >= 0.3 is 0 Å². The molecular weight excluding hydrogens is 286 g/mol. The highest BCUT2D eigenvalue weighted by Crippen LogP contribution is 2.23. The highest BCUT2D eigenvalue weighted by atomic mass is 35.5. The molecule has 8 heteroatoms. The van der Waals surface area contributed by atoms with Gasteiger partial charge in [0.25, 0.3) is 0 Å². The molecule has 0 aliphatic carbocycles. The van der Waals surface area contributed by atoms with Gasteiger partial charge in [-0.15, -0.1) is 11.6 Å². The lowest BCUT2D eigenvalue weighted by molar-refractivity contribution is 0.248. The van der Waals surface area contributed by atoms with E-state index in [2.05, 4.69) is 0 Å². The minimum Gasteiger partial charge on any atom is -0.228 e. The molecule has 102 valence electrons. The zero-order chi connectivity index (χ0) is 13.1. The number of sulfonamides is 1. The van der Waals surface area contributed by atoms with Gasteiger partial charge in [0.2, 0.25) is 10.0 Å². The molecule has 5 nitrogen and oxygen atoms in total. The summed E-state index contributed by atoms with van der Waals surface area (Å²) in [5, 5.41) is -0.807. The van der Waals surface area contributed by atoms with Crippen LogP contribution in [0, 0.1) is 0 Å². The summed E-state index contributed by atoms with van der Waals surface area (Å²) in [6.45, 7) is 0.402. The van der Waals surface area contributed by atoms with Crippen LogP contribution in [0.15, 0.2) is 0 Å². The van der Waals surface area contributed by atoms with Gasteiger partial charge < -0.3 is 0 Å². The maximum atomic E-state index is 12.0. The van der Waals surface area contributed by atoms with E-state index in [0.29, 0.717) is 18.8 Å². The quantitative estimate of drug-likeness (QED) is 0.704. The summed E-state index contributed by atoms with van der Waals surface area (Å²) in [6, 6.07) is -0.145. The van der Waals surface area contributed by atoms with Crippen molar-refractivity contribution in [2.45, 2.75) is 31.7 Å². The van der Waals surface area contributed by atoms with Crippen molar-refractivity contribution in [3.63, 3.8) is 0 Å². The molecule has 0 bridgehead atoms. The van der Waals surface area contributed by atoms with Crippen LogP contribution in [-0.4, -0.2) is 50.9 Å². The van der Waals surface area contributed by atoms with Crippen LogP contribution in [0.1, 0.15) is 25.7 Å². The smallest absolute Gasteiger partial charge is 0.228 e. The number of rotatable bonds is 5. The van der Waals surface area contributed by atoms with Crippen LogP contribution in [0.25, 0.3) is 0 Å². The van der Waals surface area contributed by atoms with Crippen molar-refractivity contribution in [1.82, 2.24) is 4.31 Å². The van der Waals surface area contributed by atoms with Crippen LogP contribution in [0.3, 0.4) is 0 Å². The Labute approximate surface area is 108 Å². The van der Waals surface area contributed by atoms with Gasteiger partial charge in [0.05, 0.1) is 0 Å². The molecule has 0 amide bonds. The third-order valence-electron chi connectivity index (χ3n) is 2.74. The molecule has 1 unspecified atom stereocenters. The van der Waals surface area contributed by atoms with E-state index in [1.165, 1.54) is 4.31 Å². The molecule has 0 saturated carbocycles. The number of alkyl halides is 1. The molecule has 1 saturated heterocycles. The molecule has 0 aromatic carbocycles. The van der Waals surface area contributed by atoms with Crippen molar-refractivity contribution in [3.8, 4) is 0 Å². The van der Waals surface area contributed by atoms with E-state index >= 15 is 0 Å². The number of hydrogen-bond acceptors (Lipinski definition) is 4. The average molecular weight is 304 g/mol. The second-order valence-corrected chi connectivity index (χ2v) is 9.20. The topological polar surface area (TPSA) is 71.5 Å². The lowest BCUT2D eigenvalue weighted by Gasteiger charge is -2.34. The summed E-state index contributed by atoms with van der Waals surface area (Å²) in [6.07, 6.45) is 4.01. The third-order valence-corrected chi connectivity index (χ3v) is 7.05. The first kappa shape index (κ1) is 15.2. The summed E-state index contributed by atoms with van der Waals surface area (Å²) >= 11 is 5.64. The van der Waals surface area contributed by atoms with E-state index in [-0.39, 0.29) is 6.04 Å². The fourth-order valence-electron chi connectivity index (χ4n) is 2.09. The molecule has 1 fully saturated rings. The minimum absolute atomic E-state index is 0.145. The Morgan fingerprint density at radius 2 is 1.88 bits per heavy atom. The molecule has 1 aliphatic rings. The summed E-state index contributed by atoms with van der Waals surface area (Å²) in [5.41, 5.74) is 0. The van der Waals surface area contributed by atoms with Gasteiger partial charge in [-0.1, -0.05) is 6.42 Å². The van der Waals surface area contributed by atoms with E-state index in [4.69, 9.17) is 11.6 Å². The van der Waals surface area contributed by atoms with Crippen LogP contribution in [0.5, 0.6) is 0 Å². The molecule has 0 spiro atoms. The van der Waals surface area contributed by atoms with Crippen molar-refractivity contribution in [2.75, 3.05) is 23.8 Å². The Bertz CT molecular complexity index is 444. The molecule has 0 radical (unpaired) electrons. The second-order valence-electron chi connectivity index (χ2n) is 4.39. The fraction of sp³-hybridized carbons (Fsp3) is 1.00. The van der Waals surface area contributed by atoms with Crippen LogP contribution in [-0.2, 0) is 19.9 Å². The van der Waals surface area contributed by atoms with Crippen LogP contribution < -0.4 is 0 Å². The van der Waals surface area contributed by atoms with E-state index < -0.39 is 24.9 Å². The number of hydrogen-bond donors (Lipinski definition) is 0. The summed E-state index contributed by atoms with van der Waals surface area (Å²) in [7, 11) is -7.26. The van der Waals surface area contributed by atoms with Crippen LogP contribution >= 0.6 is 11.6 Å². The Morgan fingerprint density at radius 1 is 1.24 bits per heavy atom. The maximum absolute atomic E-state index is 12.0. The molecule has 1 rings (SSSR count). The van der Waals surface area contributed by atoms with Gasteiger partial charge in [0, 0.05) is 24.7 Å². The van der Waals surface area contributed by atoms with Crippen molar-refractivity contribution in [1.29, 1.82) is 0 Å². The van der Waals surface area contributed by atoms with E-state index in [1.54, 1.807) is 0 Å². The summed E-state index contributed by atoms with van der Waals surface area (Å²) < 4.78 is 47.5. The van der Waals surface area contributed by atoms with Gasteiger partial charge in [0.15, 0.2) is 14.9 Å². The molecule has 1 heterocycles. The van der Waals surface area contributed by atoms with Crippen LogP contribution in [0.2, 0.25) is 0 Å². The normalized spacial score (nSPS) is 23.8. The Hall–Kier alpha value is 0.150. The predicted molar refractivity (Wildman–Crippen MR) is 68.3 cm³/mol. The number of nitrogens with zero attached hydrogens (tertiary/aromatic N) is 1. The monoisotopic (exact) mass is 303 g/mol. The van der Waals surface area contributed by atoms with Crippen molar-refractivity contribution < 1.29 is 16.8 Å². The SMILES string of the molecule is CS(=O)(=O)CS(=O)(=O)N1CCCCC1CCCl. The molecular formula is C9H18ClNO4S2. The lowest BCUT2D eigenvalue weighted by Crippen LogP contribution is -2.45. The van der Waals surface area contributed by atoms with Crippen molar-refractivity contribution in [3.05, 3.63) is 0 Å². The largest absolute Gasteiger partial charge is 0.228 e. The molecule has 1 atom stereocenters. The first-order valence-electron chi connectivity index (χ1n) is 5.49. The van der Waals surface area contributed by atoms with Gasteiger partial charge in [-0.05, 0) is 19.3 Å². The van der Waals surface area contributed by atoms with E-state index in [0.717, 1.165) is 25.5 Å². The molecule has 0 aromatic rings. The number of piperidine rings is 1. The maximum Gasteiger partial charge on any atom is 0.228 e. The predicted octanol–water partition coefficient (Wildman–Crippen LogP) is 0.802. The summed E-state index contributed by atoms with van der Waals surface area (Å²) in [4.78, 5) is 0. The minimum atomic E-state index is -3.73. The van der Waals surface area contributed by atoms with Gasteiger partial charge in [-0.3, -0.25) is 0 Å². The van der Waals surface area contributed by atoms with Gasteiger partial charge in [-0.25, -0.2) is 16.8 Å². The number of halogens is 1. The summed E-state index contributed by atoms with van der Waals surface area (Å²) in [5.74, 6) is 0.384. The van der Waals surface area contributed by atoms with Crippen molar-refractivity contribution in [2.24, 2.45) is 0 Å². The Balaban J connectivity index is 2.87. The van der Waals surface area contributed by atoms with E-state index in [1.807, 2.05) is 0 Å². The third kappa shape index (κ3) is 4.73. The fourth-order valence-corrected chi connectivity index (χ4v) is 6.12. The lowest BCUT2D eigenvalue weighted by atomic mass is 10.0. The second kappa shape index (κ2) is 5.86.